The van der Waals surface area contributed by atoms with E-state index in [1.165, 1.54) is 276 Å². The van der Waals surface area contributed by atoms with Crippen LogP contribution >= 0.6 is 0 Å². The Kier molecular flexibility index (Phi) is 56.8. The highest BCUT2D eigenvalue weighted by molar-refractivity contribution is 5.70. The zero-order valence-electron chi connectivity index (χ0n) is 45.2. The number of hydrogen-bond acceptors (Lipinski definition) is 5. The number of rotatable bonds is 57. The molecule has 0 heterocycles. The highest BCUT2D eigenvalue weighted by Crippen LogP contribution is 2.17. The summed E-state index contributed by atoms with van der Waals surface area (Å²) in [7, 11) is 0. The van der Waals surface area contributed by atoms with Gasteiger partial charge in [0.15, 0.2) is 6.10 Å². The Balaban J connectivity index is 4.17. The fourth-order valence-electron chi connectivity index (χ4n) is 9.27. The molecule has 0 fully saturated rings. The molecule has 392 valence electrons. The molecule has 0 saturated heterocycles. The lowest BCUT2D eigenvalue weighted by atomic mass is 10.0. The fourth-order valence-corrected chi connectivity index (χ4v) is 9.27. The fraction of sp³-hybridized carbons (Fsp3) is 0.934. The zero-order valence-corrected chi connectivity index (χ0v) is 45.2. The third-order valence-electron chi connectivity index (χ3n) is 13.8. The molecular formula is C61H118O5. The number of carbonyl (C=O) groups excluding carboxylic acids is 2. The number of esters is 2. The minimum absolute atomic E-state index is 0.0956. The normalized spacial score (nSPS) is 12.1. The molecule has 5 heteroatoms. The van der Waals surface area contributed by atoms with Crippen molar-refractivity contribution in [2.45, 2.75) is 348 Å². The van der Waals surface area contributed by atoms with Gasteiger partial charge in [0.25, 0.3) is 0 Å². The van der Waals surface area contributed by atoms with Crippen LogP contribution in [0.1, 0.15) is 342 Å². The molecule has 66 heavy (non-hydrogen) atoms. The quantitative estimate of drug-likeness (QED) is 0.0345. The van der Waals surface area contributed by atoms with E-state index in [2.05, 4.69) is 32.9 Å². The Morgan fingerprint density at radius 3 is 0.924 bits per heavy atom. The lowest BCUT2D eigenvalue weighted by Crippen LogP contribution is -2.30. The molecule has 5 nitrogen and oxygen atoms in total. The second kappa shape index (κ2) is 58.0. The van der Waals surface area contributed by atoms with Gasteiger partial charge in [0.1, 0.15) is 6.61 Å². The Morgan fingerprint density at radius 1 is 0.318 bits per heavy atom. The number of carbonyl (C=O) groups is 2. The van der Waals surface area contributed by atoms with Gasteiger partial charge in [-0.25, -0.2) is 0 Å². The van der Waals surface area contributed by atoms with Crippen molar-refractivity contribution in [1.82, 2.24) is 0 Å². The summed E-state index contributed by atoms with van der Waals surface area (Å²) in [5, 5.41) is 0. The number of unbranched alkanes of at least 4 members (excludes halogenated alkanes) is 44. The highest BCUT2D eigenvalue weighted by Gasteiger charge is 2.18. The van der Waals surface area contributed by atoms with E-state index >= 15 is 0 Å². The predicted octanol–water partition coefficient (Wildman–Crippen LogP) is 20.6. The van der Waals surface area contributed by atoms with E-state index in [-0.39, 0.29) is 18.5 Å². The predicted molar refractivity (Wildman–Crippen MR) is 289 cm³/mol. The highest BCUT2D eigenvalue weighted by atomic mass is 16.6. The van der Waals surface area contributed by atoms with Crippen molar-refractivity contribution in [1.29, 1.82) is 0 Å². The van der Waals surface area contributed by atoms with Gasteiger partial charge in [0, 0.05) is 19.4 Å². The molecule has 0 aliphatic carbocycles. The van der Waals surface area contributed by atoms with Crippen LogP contribution in [0.25, 0.3) is 0 Å². The van der Waals surface area contributed by atoms with E-state index in [1.54, 1.807) is 0 Å². The maximum atomic E-state index is 12.9. The van der Waals surface area contributed by atoms with Crippen molar-refractivity contribution in [3.8, 4) is 0 Å². The SMILES string of the molecule is CCCCCCCC/C=C\CCCCCCCCCCCCCC(=O)O[C@H](COCCCCCCCCCCCCCCCCCC)COC(=O)CCCCCCCCCCCCCCC. The molecule has 0 aliphatic rings. The van der Waals surface area contributed by atoms with Crippen molar-refractivity contribution in [3.63, 3.8) is 0 Å². The van der Waals surface area contributed by atoms with Crippen LogP contribution in [0.2, 0.25) is 0 Å². The third-order valence-corrected chi connectivity index (χ3v) is 13.8. The van der Waals surface area contributed by atoms with Gasteiger partial charge in [-0.3, -0.25) is 9.59 Å². The maximum absolute atomic E-state index is 12.9. The molecule has 0 rings (SSSR count). The average Bonchev–Trinajstić information content (AvgIpc) is 3.32. The number of ether oxygens (including phenoxy) is 3. The first-order valence-corrected chi connectivity index (χ1v) is 30.2. The lowest BCUT2D eigenvalue weighted by molar-refractivity contribution is -0.163. The molecule has 0 unspecified atom stereocenters. The number of hydrogen-bond donors (Lipinski definition) is 0. The van der Waals surface area contributed by atoms with Crippen LogP contribution in [0.15, 0.2) is 12.2 Å². The molecule has 0 saturated carbocycles. The minimum Gasteiger partial charge on any atom is -0.462 e. The number of allylic oxidation sites excluding steroid dienone is 2. The van der Waals surface area contributed by atoms with Crippen LogP contribution < -0.4 is 0 Å². The third kappa shape index (κ3) is 55.2. The van der Waals surface area contributed by atoms with Gasteiger partial charge in [-0.2, -0.15) is 0 Å². The van der Waals surface area contributed by atoms with Crippen molar-refractivity contribution < 1.29 is 23.8 Å². The first-order valence-electron chi connectivity index (χ1n) is 30.2. The molecular weight excluding hydrogens is 813 g/mol. The molecule has 0 spiro atoms. The summed E-state index contributed by atoms with van der Waals surface area (Å²) in [4.78, 5) is 25.5. The summed E-state index contributed by atoms with van der Waals surface area (Å²) >= 11 is 0. The Bertz CT molecular complexity index is 963. The van der Waals surface area contributed by atoms with E-state index in [9.17, 15) is 9.59 Å². The molecule has 0 N–H and O–H groups in total. The Hall–Kier alpha value is -1.36. The molecule has 0 aliphatic heterocycles. The zero-order chi connectivity index (χ0) is 47.7. The summed E-state index contributed by atoms with van der Waals surface area (Å²) < 4.78 is 17.5. The molecule has 0 bridgehead atoms. The Labute approximate surface area is 414 Å². The average molecular weight is 932 g/mol. The van der Waals surface area contributed by atoms with Crippen molar-refractivity contribution >= 4 is 11.9 Å². The van der Waals surface area contributed by atoms with Gasteiger partial charge >= 0.3 is 11.9 Å². The summed E-state index contributed by atoms with van der Waals surface area (Å²) in [5.74, 6) is -0.370. The van der Waals surface area contributed by atoms with Crippen molar-refractivity contribution in [3.05, 3.63) is 12.2 Å². The van der Waals surface area contributed by atoms with Crippen LogP contribution in [-0.4, -0.2) is 37.9 Å². The first-order chi connectivity index (χ1) is 32.6. The lowest BCUT2D eigenvalue weighted by Gasteiger charge is -2.18. The summed E-state index contributed by atoms with van der Waals surface area (Å²) in [6.07, 6.45) is 68.1. The second-order valence-electron chi connectivity index (χ2n) is 20.6. The monoisotopic (exact) mass is 931 g/mol. The largest absolute Gasteiger partial charge is 0.462 e. The second-order valence-corrected chi connectivity index (χ2v) is 20.6. The van der Waals surface area contributed by atoms with Crippen LogP contribution in [0, 0.1) is 0 Å². The van der Waals surface area contributed by atoms with E-state index in [0.717, 1.165) is 32.1 Å². The minimum atomic E-state index is -0.527. The van der Waals surface area contributed by atoms with E-state index in [0.29, 0.717) is 26.1 Å². The summed E-state index contributed by atoms with van der Waals surface area (Å²) in [6, 6.07) is 0. The van der Waals surface area contributed by atoms with Gasteiger partial charge < -0.3 is 14.2 Å². The van der Waals surface area contributed by atoms with Crippen LogP contribution in [0.3, 0.4) is 0 Å². The summed E-state index contributed by atoms with van der Waals surface area (Å²) in [6.45, 7) is 7.91. The topological polar surface area (TPSA) is 61.8 Å². The van der Waals surface area contributed by atoms with Crippen LogP contribution in [0.5, 0.6) is 0 Å². The molecule has 0 aromatic heterocycles. The standard InChI is InChI=1S/C61H118O5/c1-4-7-10-13-16-19-22-25-27-29-30-31-32-33-34-37-40-43-46-49-52-55-61(63)66-59(58-65-60(62)54-51-48-45-42-39-36-24-21-18-15-12-9-6-3)57-64-56-53-50-47-44-41-38-35-28-26-23-20-17-14-11-8-5-2/h25,27,59H,4-24,26,28-58H2,1-3H3/b27-25-/t59-/m1/s1. The van der Waals surface area contributed by atoms with Gasteiger partial charge in [0.05, 0.1) is 6.61 Å². The molecule has 0 aromatic carbocycles. The molecule has 0 amide bonds. The van der Waals surface area contributed by atoms with E-state index in [1.807, 2.05) is 0 Å². The van der Waals surface area contributed by atoms with Crippen LogP contribution in [-0.2, 0) is 23.8 Å². The van der Waals surface area contributed by atoms with Crippen LogP contribution in [0.4, 0.5) is 0 Å². The Morgan fingerprint density at radius 2 is 0.591 bits per heavy atom. The van der Waals surface area contributed by atoms with Gasteiger partial charge in [-0.05, 0) is 44.9 Å². The molecule has 1 atom stereocenters. The van der Waals surface area contributed by atoms with Gasteiger partial charge in [0.2, 0.25) is 0 Å². The van der Waals surface area contributed by atoms with Crippen molar-refractivity contribution in [2.75, 3.05) is 19.8 Å². The molecule has 0 aromatic rings. The van der Waals surface area contributed by atoms with Gasteiger partial charge in [-0.1, -0.05) is 296 Å². The van der Waals surface area contributed by atoms with Gasteiger partial charge in [-0.15, -0.1) is 0 Å². The van der Waals surface area contributed by atoms with E-state index < -0.39 is 6.10 Å². The first kappa shape index (κ1) is 64.6. The smallest absolute Gasteiger partial charge is 0.306 e. The maximum Gasteiger partial charge on any atom is 0.306 e. The van der Waals surface area contributed by atoms with Crippen molar-refractivity contribution in [2.24, 2.45) is 0 Å². The summed E-state index contributed by atoms with van der Waals surface area (Å²) in [5.41, 5.74) is 0. The van der Waals surface area contributed by atoms with E-state index in [4.69, 9.17) is 14.2 Å². The molecule has 0 radical (unpaired) electrons.